The number of aromatic amines is 1. The Balaban J connectivity index is 1.45. The summed E-state index contributed by atoms with van der Waals surface area (Å²) in [5, 5.41) is 15.1. The maximum absolute atomic E-state index is 9.91. The average Bonchev–Trinajstić information content (AvgIpc) is 3.03. The first kappa shape index (κ1) is 17.3. The van der Waals surface area contributed by atoms with Gasteiger partial charge < -0.3 is 15.4 Å². The highest BCUT2D eigenvalue weighted by Crippen LogP contribution is 2.29. The number of aliphatic hydroxyl groups is 1. The summed E-state index contributed by atoms with van der Waals surface area (Å²) in [5.41, 5.74) is 5.46. The topological polar surface area (TPSA) is 48.0 Å². The molecule has 0 amide bonds. The number of H-pyrrole nitrogens is 1. The second kappa shape index (κ2) is 7.65. The van der Waals surface area contributed by atoms with Gasteiger partial charge in [-0.15, -0.1) is 0 Å². The molecule has 3 atom stereocenters. The third-order valence-electron chi connectivity index (χ3n) is 5.64. The van der Waals surface area contributed by atoms with Crippen LogP contribution in [-0.2, 0) is 12.8 Å². The Labute approximate surface area is 155 Å². The second-order valence-electron chi connectivity index (χ2n) is 7.67. The zero-order valence-electron chi connectivity index (χ0n) is 15.4. The molecule has 3 unspecified atom stereocenters. The maximum atomic E-state index is 9.91. The average molecular weight is 348 g/mol. The predicted molar refractivity (Wildman–Crippen MR) is 108 cm³/mol. The molecule has 4 rings (SSSR count). The molecule has 3 N–H and O–H groups in total. The van der Waals surface area contributed by atoms with Crippen LogP contribution in [0.5, 0.6) is 0 Å². The van der Waals surface area contributed by atoms with E-state index in [0.29, 0.717) is 12.0 Å². The van der Waals surface area contributed by atoms with Gasteiger partial charge in [0.15, 0.2) is 0 Å². The Morgan fingerprint density at radius 1 is 1.12 bits per heavy atom. The van der Waals surface area contributed by atoms with Crippen molar-refractivity contribution in [1.82, 2.24) is 10.3 Å². The zero-order valence-corrected chi connectivity index (χ0v) is 15.4. The quantitative estimate of drug-likeness (QED) is 0.626. The zero-order chi connectivity index (χ0) is 17.9. The number of rotatable bonds is 6. The van der Waals surface area contributed by atoms with Crippen LogP contribution in [-0.4, -0.2) is 28.8 Å². The van der Waals surface area contributed by atoms with Gasteiger partial charge in [-0.25, -0.2) is 0 Å². The molecule has 3 nitrogen and oxygen atoms in total. The summed E-state index contributed by atoms with van der Waals surface area (Å²) in [7, 11) is 0. The minimum Gasteiger partial charge on any atom is -0.393 e. The highest BCUT2D eigenvalue weighted by atomic mass is 16.3. The van der Waals surface area contributed by atoms with Crippen molar-refractivity contribution in [2.45, 2.75) is 50.7 Å². The van der Waals surface area contributed by atoms with Crippen molar-refractivity contribution in [3.63, 3.8) is 0 Å². The molecule has 3 aromatic rings. The van der Waals surface area contributed by atoms with Crippen LogP contribution in [0.2, 0.25) is 0 Å². The molecule has 0 spiro atoms. The summed E-state index contributed by atoms with van der Waals surface area (Å²) < 4.78 is 0. The molecule has 2 aromatic carbocycles. The number of hydrogen-bond acceptors (Lipinski definition) is 2. The molecule has 26 heavy (non-hydrogen) atoms. The fourth-order valence-corrected chi connectivity index (χ4v) is 4.33. The molecule has 0 bridgehead atoms. The molecule has 0 saturated heterocycles. The number of aryl methyl sites for hydroxylation is 1. The first-order valence-electron chi connectivity index (χ1n) is 9.75. The van der Waals surface area contributed by atoms with Crippen molar-refractivity contribution >= 4 is 10.9 Å². The van der Waals surface area contributed by atoms with Crippen LogP contribution in [0.25, 0.3) is 10.9 Å². The van der Waals surface area contributed by atoms with E-state index in [0.717, 1.165) is 32.2 Å². The van der Waals surface area contributed by atoms with Crippen LogP contribution in [0.3, 0.4) is 0 Å². The molecule has 1 aliphatic rings. The number of benzene rings is 2. The third kappa shape index (κ3) is 3.69. The summed E-state index contributed by atoms with van der Waals surface area (Å²) in [6.07, 6.45) is 3.86. The number of aromatic nitrogens is 1. The lowest BCUT2D eigenvalue weighted by atomic mass is 9.89. The second-order valence-corrected chi connectivity index (χ2v) is 7.67. The van der Waals surface area contributed by atoms with E-state index in [1.807, 2.05) is 6.92 Å². The molecular formula is C23H28N2O. The highest BCUT2D eigenvalue weighted by molar-refractivity contribution is 5.84. The van der Waals surface area contributed by atoms with Crippen LogP contribution < -0.4 is 5.32 Å². The van der Waals surface area contributed by atoms with Crippen molar-refractivity contribution in [3.8, 4) is 0 Å². The normalized spacial score (nSPS) is 19.2. The summed E-state index contributed by atoms with van der Waals surface area (Å²) in [4.78, 5) is 3.59. The van der Waals surface area contributed by atoms with E-state index in [2.05, 4.69) is 64.9 Å². The molecule has 1 heterocycles. The minimum atomic E-state index is -0.284. The van der Waals surface area contributed by atoms with Crippen molar-refractivity contribution in [3.05, 3.63) is 71.4 Å². The van der Waals surface area contributed by atoms with Crippen LogP contribution in [0.1, 0.15) is 42.5 Å². The maximum Gasteiger partial charge on any atom is 0.0518 e. The van der Waals surface area contributed by atoms with Gasteiger partial charge in [-0.3, -0.25) is 0 Å². The number of hydrogen-bond donors (Lipinski definition) is 3. The largest absolute Gasteiger partial charge is 0.393 e. The first-order valence-corrected chi connectivity index (χ1v) is 9.75. The van der Waals surface area contributed by atoms with Crippen LogP contribution in [0.15, 0.2) is 54.6 Å². The highest BCUT2D eigenvalue weighted by Gasteiger charge is 2.23. The van der Waals surface area contributed by atoms with Gasteiger partial charge in [0.1, 0.15) is 0 Å². The molecule has 0 radical (unpaired) electrons. The van der Waals surface area contributed by atoms with Crippen LogP contribution in [0.4, 0.5) is 0 Å². The Bertz CT molecular complexity index is 853. The van der Waals surface area contributed by atoms with Crippen LogP contribution in [0, 0.1) is 0 Å². The van der Waals surface area contributed by atoms with Gasteiger partial charge >= 0.3 is 0 Å². The van der Waals surface area contributed by atoms with Gasteiger partial charge in [0.2, 0.25) is 0 Å². The summed E-state index contributed by atoms with van der Waals surface area (Å²) in [5.74, 6) is 0.348. The minimum absolute atomic E-state index is 0.284. The first-order chi connectivity index (χ1) is 12.7. The van der Waals surface area contributed by atoms with Gasteiger partial charge in [0.25, 0.3) is 0 Å². The van der Waals surface area contributed by atoms with Crippen molar-refractivity contribution < 1.29 is 5.11 Å². The third-order valence-corrected chi connectivity index (χ3v) is 5.64. The Kier molecular flexibility index (Phi) is 5.09. The van der Waals surface area contributed by atoms with Gasteiger partial charge in [0, 0.05) is 29.2 Å². The van der Waals surface area contributed by atoms with E-state index in [1.54, 1.807) is 0 Å². The van der Waals surface area contributed by atoms with E-state index in [-0.39, 0.29) is 6.10 Å². The predicted octanol–water partition coefficient (Wildman–Crippen LogP) is 4.17. The monoisotopic (exact) mass is 348 g/mol. The smallest absolute Gasteiger partial charge is 0.0518 e. The molecule has 0 fully saturated rings. The van der Waals surface area contributed by atoms with Gasteiger partial charge in [-0.05, 0) is 55.7 Å². The van der Waals surface area contributed by atoms with E-state index in [4.69, 9.17) is 0 Å². The van der Waals surface area contributed by atoms with Crippen molar-refractivity contribution in [1.29, 1.82) is 0 Å². The summed E-state index contributed by atoms with van der Waals surface area (Å²) in [6.45, 7) is 2.80. The van der Waals surface area contributed by atoms with E-state index >= 15 is 0 Å². The Morgan fingerprint density at radius 2 is 1.88 bits per heavy atom. The molecule has 1 aromatic heterocycles. The van der Waals surface area contributed by atoms with Crippen molar-refractivity contribution in [2.75, 3.05) is 6.54 Å². The number of para-hydroxylation sites is 1. The molecular weight excluding hydrogens is 320 g/mol. The molecule has 0 saturated carbocycles. The van der Waals surface area contributed by atoms with Crippen LogP contribution >= 0.6 is 0 Å². The fourth-order valence-electron chi connectivity index (χ4n) is 4.33. The number of aliphatic hydroxyl groups excluding tert-OH is 1. The lowest BCUT2D eigenvalue weighted by Gasteiger charge is -2.27. The van der Waals surface area contributed by atoms with E-state index in [9.17, 15) is 5.11 Å². The SMILES string of the molecule is CC(O)CC(CNC1CCc2[nH]c3ccccc3c2C1)c1ccccc1. The van der Waals surface area contributed by atoms with E-state index in [1.165, 1.54) is 27.7 Å². The Morgan fingerprint density at radius 3 is 2.69 bits per heavy atom. The molecule has 0 aliphatic heterocycles. The lowest BCUT2D eigenvalue weighted by Crippen LogP contribution is -2.37. The van der Waals surface area contributed by atoms with Crippen molar-refractivity contribution in [2.24, 2.45) is 0 Å². The number of fused-ring (bicyclic) bond motifs is 3. The van der Waals surface area contributed by atoms with Gasteiger partial charge in [0.05, 0.1) is 6.10 Å². The van der Waals surface area contributed by atoms with Gasteiger partial charge in [-0.1, -0.05) is 48.5 Å². The summed E-state index contributed by atoms with van der Waals surface area (Å²) >= 11 is 0. The molecule has 136 valence electrons. The van der Waals surface area contributed by atoms with Gasteiger partial charge in [-0.2, -0.15) is 0 Å². The molecule has 3 heteroatoms. The molecule has 1 aliphatic carbocycles. The Hall–Kier alpha value is -2.10. The lowest BCUT2D eigenvalue weighted by molar-refractivity contribution is 0.172. The van der Waals surface area contributed by atoms with E-state index < -0.39 is 0 Å². The summed E-state index contributed by atoms with van der Waals surface area (Å²) in [6, 6.07) is 19.7. The fraction of sp³-hybridized carbons (Fsp3) is 0.391. The standard InChI is InChI=1S/C23H28N2O/c1-16(26)13-18(17-7-3-2-4-8-17)15-24-19-11-12-23-21(14-19)20-9-5-6-10-22(20)25-23/h2-10,16,18-19,24-26H,11-15H2,1H3. The number of nitrogens with one attached hydrogen (secondary N) is 2.